The molecule has 1 amide bonds. The zero-order chi connectivity index (χ0) is 19.3. The average Bonchev–Trinajstić information content (AvgIpc) is 3.14. The van der Waals surface area contributed by atoms with Crippen LogP contribution in [0.3, 0.4) is 0 Å². The Kier molecular flexibility index (Phi) is 4.64. The summed E-state index contributed by atoms with van der Waals surface area (Å²) in [5.74, 6) is -0.389. The molecule has 0 aliphatic rings. The van der Waals surface area contributed by atoms with Gasteiger partial charge in [-0.2, -0.15) is 0 Å². The van der Waals surface area contributed by atoms with Crippen molar-refractivity contribution in [1.29, 1.82) is 0 Å². The molecule has 0 radical (unpaired) electrons. The van der Waals surface area contributed by atoms with E-state index in [0.29, 0.717) is 35.7 Å². The van der Waals surface area contributed by atoms with Crippen LogP contribution in [0.25, 0.3) is 20.3 Å². The minimum Gasteiger partial charge on any atom is -0.297 e. The van der Waals surface area contributed by atoms with Crippen molar-refractivity contribution in [1.82, 2.24) is 4.98 Å². The topological polar surface area (TPSA) is 76.1 Å². The van der Waals surface area contributed by atoms with E-state index < -0.39 is 9.84 Å². The van der Waals surface area contributed by atoms with Crippen molar-refractivity contribution >= 4 is 87.1 Å². The van der Waals surface area contributed by atoms with Gasteiger partial charge in [-0.15, -0.1) is 11.3 Å². The SMILES string of the molecule is CS(=O)(=O)c1ccc2nc(NC(=O)c3sc4cccc(Cl)c4c3Cl)sc2c1. The van der Waals surface area contributed by atoms with Gasteiger partial charge in [-0.05, 0) is 30.3 Å². The number of hydrogen-bond donors (Lipinski definition) is 1. The van der Waals surface area contributed by atoms with Crippen molar-refractivity contribution in [2.75, 3.05) is 11.6 Å². The molecule has 10 heteroatoms. The molecule has 1 N–H and O–H groups in total. The highest BCUT2D eigenvalue weighted by molar-refractivity contribution is 7.90. The quantitative estimate of drug-likeness (QED) is 0.443. The Balaban J connectivity index is 1.69. The number of carbonyl (C=O) groups is 1. The number of sulfone groups is 1. The van der Waals surface area contributed by atoms with Crippen molar-refractivity contribution in [3.8, 4) is 0 Å². The number of nitrogens with zero attached hydrogens (tertiary/aromatic N) is 1. The van der Waals surface area contributed by atoms with Crippen LogP contribution in [0, 0.1) is 0 Å². The monoisotopic (exact) mass is 456 g/mol. The van der Waals surface area contributed by atoms with Gasteiger partial charge in [0, 0.05) is 16.3 Å². The van der Waals surface area contributed by atoms with E-state index in [2.05, 4.69) is 10.3 Å². The minimum atomic E-state index is -3.31. The third-order valence-corrected chi connectivity index (χ3v) is 7.82. The Morgan fingerprint density at radius 2 is 1.89 bits per heavy atom. The van der Waals surface area contributed by atoms with Gasteiger partial charge in [0.05, 0.1) is 25.2 Å². The van der Waals surface area contributed by atoms with Crippen molar-refractivity contribution in [2.24, 2.45) is 0 Å². The molecule has 5 nitrogen and oxygen atoms in total. The fourth-order valence-electron chi connectivity index (χ4n) is 2.56. The van der Waals surface area contributed by atoms with E-state index in [9.17, 15) is 13.2 Å². The molecule has 0 saturated carbocycles. The van der Waals surface area contributed by atoms with Crippen LogP contribution in [-0.2, 0) is 9.84 Å². The third kappa shape index (κ3) is 3.43. The second-order valence-corrected chi connectivity index (χ2v) is 10.6. The number of rotatable bonds is 3. The number of nitrogens with one attached hydrogen (secondary N) is 1. The highest BCUT2D eigenvalue weighted by atomic mass is 35.5. The van der Waals surface area contributed by atoms with E-state index in [1.807, 2.05) is 6.07 Å². The molecule has 0 unspecified atom stereocenters. The number of hydrogen-bond acceptors (Lipinski definition) is 6. The Hall–Kier alpha value is -1.71. The summed E-state index contributed by atoms with van der Waals surface area (Å²) in [4.78, 5) is 17.5. The normalized spacial score (nSPS) is 12.0. The van der Waals surface area contributed by atoms with E-state index in [1.165, 1.54) is 28.7 Å². The van der Waals surface area contributed by atoms with Gasteiger partial charge in [0.25, 0.3) is 5.91 Å². The maximum atomic E-state index is 12.7. The fraction of sp³-hybridized carbons (Fsp3) is 0.0588. The summed E-state index contributed by atoms with van der Waals surface area (Å²) in [6.07, 6.45) is 1.15. The van der Waals surface area contributed by atoms with Gasteiger partial charge in [-0.1, -0.05) is 40.6 Å². The van der Waals surface area contributed by atoms with Crippen LogP contribution in [0.1, 0.15) is 9.67 Å². The maximum Gasteiger partial charge on any atom is 0.269 e. The van der Waals surface area contributed by atoms with E-state index in [0.717, 1.165) is 11.0 Å². The number of fused-ring (bicyclic) bond motifs is 2. The maximum absolute atomic E-state index is 12.7. The standard InChI is InChI=1S/C17H10Cl2N2O3S3/c1-27(23,24)8-5-6-10-12(7-8)26-17(20-10)21-16(22)15-14(19)13-9(18)3-2-4-11(13)25-15/h2-7H,1H3,(H,20,21,22). The number of carbonyl (C=O) groups excluding carboxylic acids is 1. The summed E-state index contributed by atoms with van der Waals surface area (Å²) >= 11 is 15.0. The molecule has 138 valence electrons. The molecule has 2 aromatic carbocycles. The van der Waals surface area contributed by atoms with Crippen molar-refractivity contribution in [3.63, 3.8) is 0 Å². The van der Waals surface area contributed by atoms with Crippen LogP contribution >= 0.6 is 45.9 Å². The summed E-state index contributed by atoms with van der Waals surface area (Å²) in [7, 11) is -3.31. The summed E-state index contributed by atoms with van der Waals surface area (Å²) in [5, 5.41) is 4.53. The second-order valence-electron chi connectivity index (χ2n) is 5.73. The average molecular weight is 457 g/mol. The molecule has 2 aromatic heterocycles. The molecule has 0 fully saturated rings. The van der Waals surface area contributed by atoms with Crippen LogP contribution in [0.15, 0.2) is 41.3 Å². The van der Waals surface area contributed by atoms with Crippen molar-refractivity contribution < 1.29 is 13.2 Å². The molecule has 4 aromatic rings. The molecule has 0 aliphatic carbocycles. The molecule has 0 saturated heterocycles. The van der Waals surface area contributed by atoms with E-state index in [-0.39, 0.29) is 10.8 Å². The summed E-state index contributed by atoms with van der Waals surface area (Å²) in [5.41, 5.74) is 0.605. The third-order valence-electron chi connectivity index (χ3n) is 3.82. The molecule has 27 heavy (non-hydrogen) atoms. The molecule has 2 heterocycles. The van der Waals surface area contributed by atoms with Gasteiger partial charge in [0.2, 0.25) is 0 Å². The predicted molar refractivity (Wildman–Crippen MR) is 113 cm³/mol. The van der Waals surface area contributed by atoms with E-state index in [1.54, 1.807) is 24.3 Å². The number of thiazole rings is 1. The van der Waals surface area contributed by atoms with Gasteiger partial charge < -0.3 is 0 Å². The molecular weight excluding hydrogens is 447 g/mol. The van der Waals surface area contributed by atoms with E-state index >= 15 is 0 Å². The van der Waals surface area contributed by atoms with Crippen LogP contribution in [-0.4, -0.2) is 25.6 Å². The number of halogens is 2. The summed E-state index contributed by atoms with van der Waals surface area (Å²) in [6.45, 7) is 0. The Labute approximate surface area is 172 Å². The second kappa shape index (κ2) is 6.72. The smallest absolute Gasteiger partial charge is 0.269 e. The molecule has 0 bridgehead atoms. The zero-order valence-electron chi connectivity index (χ0n) is 13.6. The molecule has 0 aliphatic heterocycles. The largest absolute Gasteiger partial charge is 0.297 e. The fourth-order valence-corrected chi connectivity index (χ4v) is 6.03. The number of anilines is 1. The molecule has 4 rings (SSSR count). The Bertz CT molecular complexity index is 1330. The number of amides is 1. The summed E-state index contributed by atoms with van der Waals surface area (Å²) in [6, 6.07) is 10.0. The first-order valence-electron chi connectivity index (χ1n) is 7.52. The minimum absolute atomic E-state index is 0.207. The Morgan fingerprint density at radius 3 is 2.59 bits per heavy atom. The van der Waals surface area contributed by atoms with Gasteiger partial charge in [0.15, 0.2) is 15.0 Å². The zero-order valence-corrected chi connectivity index (χ0v) is 17.6. The highest BCUT2D eigenvalue weighted by Crippen LogP contribution is 2.40. The molecule has 0 atom stereocenters. The van der Waals surface area contributed by atoms with Gasteiger partial charge >= 0.3 is 0 Å². The van der Waals surface area contributed by atoms with Crippen molar-refractivity contribution in [3.05, 3.63) is 51.3 Å². The lowest BCUT2D eigenvalue weighted by Gasteiger charge is -1.99. The molecular formula is C17H10Cl2N2O3S3. The first kappa shape index (κ1) is 18.6. The number of benzene rings is 2. The van der Waals surface area contributed by atoms with Crippen LogP contribution in [0.5, 0.6) is 0 Å². The summed E-state index contributed by atoms with van der Waals surface area (Å²) < 4.78 is 24.9. The van der Waals surface area contributed by atoms with Gasteiger partial charge in [0.1, 0.15) is 4.88 Å². The van der Waals surface area contributed by atoms with Crippen molar-refractivity contribution in [2.45, 2.75) is 4.90 Å². The van der Waals surface area contributed by atoms with E-state index in [4.69, 9.17) is 23.2 Å². The highest BCUT2D eigenvalue weighted by Gasteiger charge is 2.20. The first-order valence-corrected chi connectivity index (χ1v) is 11.8. The Morgan fingerprint density at radius 1 is 1.11 bits per heavy atom. The molecule has 0 spiro atoms. The number of thiophene rings is 1. The number of aromatic nitrogens is 1. The predicted octanol–water partition coefficient (Wildman–Crippen LogP) is 5.47. The van der Waals surface area contributed by atoms with Crippen LogP contribution in [0.2, 0.25) is 10.0 Å². The van der Waals surface area contributed by atoms with Gasteiger partial charge in [-0.3, -0.25) is 10.1 Å². The van der Waals surface area contributed by atoms with Crippen LogP contribution in [0.4, 0.5) is 5.13 Å². The van der Waals surface area contributed by atoms with Gasteiger partial charge in [-0.25, -0.2) is 13.4 Å². The van der Waals surface area contributed by atoms with Crippen LogP contribution < -0.4 is 5.32 Å². The lowest BCUT2D eigenvalue weighted by molar-refractivity contribution is 0.103. The lowest BCUT2D eigenvalue weighted by atomic mass is 10.2. The lowest BCUT2D eigenvalue weighted by Crippen LogP contribution is -2.10. The first-order chi connectivity index (χ1) is 12.7.